The average Bonchev–Trinajstić information content (AvgIpc) is 3.92. The molecule has 0 unspecified atom stereocenters. The number of aromatic nitrogens is 6. The first-order chi connectivity index (χ1) is 24.0. The standard InChI is InChI=1S/C18H25N5O2.C11H20N2O2.C7H6ClN3/c1-12-9-19-14-13(12)15(21-11-20-14)22-7-8-23(18(10-22)5-6-18)16(24)25-17(2,3)4;1-10(2,3)15-9(14)13-7-6-12-8-11(13)4-5-11;1-4-2-9-7-5(4)6(8)10-3-11-7/h9,11H,5-8,10H2,1-4H3,(H,19,20,21);12H,4-8H2,1-3H3;2-3H,1H3,(H,9,10,11). The molecule has 2 aliphatic carbocycles. The van der Waals surface area contributed by atoms with Crippen molar-refractivity contribution in [3.8, 4) is 0 Å². The molecule has 0 radical (unpaired) electrons. The van der Waals surface area contributed by atoms with Crippen molar-refractivity contribution in [1.82, 2.24) is 45.0 Å². The molecule has 14 nitrogen and oxygen atoms in total. The molecule has 4 aromatic heterocycles. The minimum absolute atomic E-state index is 0.0839. The number of piperazine rings is 2. The van der Waals surface area contributed by atoms with Crippen LogP contribution < -0.4 is 10.2 Å². The zero-order valence-corrected chi connectivity index (χ0v) is 31.8. The lowest BCUT2D eigenvalue weighted by molar-refractivity contribution is 0.00796. The third-order valence-electron chi connectivity index (χ3n) is 9.64. The molecule has 4 aromatic rings. The number of aromatic amines is 2. The van der Waals surface area contributed by atoms with Crippen LogP contribution in [-0.2, 0) is 9.47 Å². The number of fused-ring (bicyclic) bond motifs is 2. The molecule has 0 atom stereocenters. The summed E-state index contributed by atoms with van der Waals surface area (Å²) in [5, 5.41) is 5.83. The lowest BCUT2D eigenvalue weighted by Gasteiger charge is -2.43. The number of carbonyl (C=O) groups excluding carboxylic acids is 2. The van der Waals surface area contributed by atoms with Crippen LogP contribution in [0.2, 0.25) is 5.15 Å². The molecule has 2 amide bonds. The van der Waals surface area contributed by atoms with Crippen molar-refractivity contribution in [1.29, 1.82) is 0 Å². The van der Waals surface area contributed by atoms with Gasteiger partial charge in [0.25, 0.3) is 0 Å². The van der Waals surface area contributed by atoms with Gasteiger partial charge in [-0.2, -0.15) is 0 Å². The lowest BCUT2D eigenvalue weighted by Crippen LogP contribution is -2.58. The fraction of sp³-hybridized carbons (Fsp3) is 0.611. The lowest BCUT2D eigenvalue weighted by atomic mass is 10.1. The van der Waals surface area contributed by atoms with E-state index in [-0.39, 0.29) is 23.3 Å². The van der Waals surface area contributed by atoms with Gasteiger partial charge in [-0.3, -0.25) is 9.80 Å². The first kappa shape index (κ1) is 36.6. The molecule has 2 spiro atoms. The van der Waals surface area contributed by atoms with Crippen molar-refractivity contribution in [2.24, 2.45) is 0 Å². The number of carbonyl (C=O) groups is 2. The normalized spacial score (nSPS) is 19.0. The number of halogens is 1. The monoisotopic (exact) mass is 722 g/mol. The Morgan fingerprint density at radius 1 is 0.745 bits per heavy atom. The summed E-state index contributed by atoms with van der Waals surface area (Å²) < 4.78 is 11.0. The van der Waals surface area contributed by atoms with Crippen LogP contribution in [0.3, 0.4) is 0 Å². The van der Waals surface area contributed by atoms with Gasteiger partial charge >= 0.3 is 12.2 Å². The molecular weight excluding hydrogens is 672 g/mol. The highest BCUT2D eigenvalue weighted by Gasteiger charge is 2.55. The van der Waals surface area contributed by atoms with Gasteiger partial charge in [-0.1, -0.05) is 11.6 Å². The molecule has 2 aliphatic heterocycles. The van der Waals surface area contributed by atoms with Crippen LogP contribution in [0.15, 0.2) is 25.0 Å². The largest absolute Gasteiger partial charge is 0.444 e. The maximum Gasteiger partial charge on any atom is 0.410 e. The van der Waals surface area contributed by atoms with Gasteiger partial charge in [0, 0.05) is 51.7 Å². The molecule has 8 rings (SSSR count). The Balaban J connectivity index is 0.000000146. The van der Waals surface area contributed by atoms with Crippen LogP contribution >= 0.6 is 11.6 Å². The molecule has 3 N–H and O–H groups in total. The highest BCUT2D eigenvalue weighted by molar-refractivity contribution is 6.34. The maximum absolute atomic E-state index is 12.6. The van der Waals surface area contributed by atoms with Crippen molar-refractivity contribution >= 4 is 51.7 Å². The molecule has 6 heterocycles. The van der Waals surface area contributed by atoms with E-state index in [1.165, 1.54) is 6.33 Å². The van der Waals surface area contributed by atoms with Gasteiger partial charge < -0.3 is 29.7 Å². The quantitative estimate of drug-likeness (QED) is 0.195. The molecule has 0 aromatic carbocycles. The number of anilines is 1. The van der Waals surface area contributed by atoms with Crippen molar-refractivity contribution in [3.05, 3.63) is 41.3 Å². The summed E-state index contributed by atoms with van der Waals surface area (Å²) in [7, 11) is 0. The van der Waals surface area contributed by atoms with E-state index in [0.29, 0.717) is 11.7 Å². The SMILES string of the molecule is CC(C)(C)OC(=O)N1CCNCC12CC2.Cc1c[nH]c2ncnc(Cl)c12.Cc1c[nH]c2ncnc(N3CCN(C(=O)OC(C)(C)C)C4(CC4)C3)c12. The predicted octanol–water partition coefficient (Wildman–Crippen LogP) is 6.14. The molecule has 15 heteroatoms. The molecule has 2 saturated heterocycles. The van der Waals surface area contributed by atoms with Crippen molar-refractivity contribution in [2.45, 2.75) is 103 Å². The summed E-state index contributed by atoms with van der Waals surface area (Å²) in [5.41, 5.74) is 2.99. The van der Waals surface area contributed by atoms with Gasteiger partial charge in [0.2, 0.25) is 0 Å². The van der Waals surface area contributed by atoms with Gasteiger partial charge in [0.05, 0.1) is 21.9 Å². The highest BCUT2D eigenvalue weighted by atomic mass is 35.5. The molecule has 0 bridgehead atoms. The maximum atomic E-state index is 12.6. The number of H-pyrrole nitrogens is 2. The van der Waals surface area contributed by atoms with E-state index in [1.54, 1.807) is 6.33 Å². The van der Waals surface area contributed by atoms with E-state index in [1.807, 2.05) is 70.7 Å². The van der Waals surface area contributed by atoms with Crippen molar-refractivity contribution in [2.75, 3.05) is 44.2 Å². The van der Waals surface area contributed by atoms with Gasteiger partial charge in [-0.15, -0.1) is 0 Å². The van der Waals surface area contributed by atoms with Crippen LogP contribution in [0.25, 0.3) is 22.1 Å². The second-order valence-electron chi connectivity index (χ2n) is 16.1. The number of rotatable bonds is 1. The zero-order chi connectivity index (χ0) is 36.8. The van der Waals surface area contributed by atoms with Crippen LogP contribution in [0.4, 0.5) is 15.4 Å². The Kier molecular flexibility index (Phi) is 9.88. The number of nitrogens with zero attached hydrogens (tertiary/aromatic N) is 7. The van der Waals surface area contributed by atoms with Crippen LogP contribution in [0.5, 0.6) is 0 Å². The summed E-state index contributed by atoms with van der Waals surface area (Å²) >= 11 is 5.83. The Morgan fingerprint density at radius 3 is 1.82 bits per heavy atom. The van der Waals surface area contributed by atoms with Gasteiger partial charge in [0.15, 0.2) is 0 Å². The van der Waals surface area contributed by atoms with Crippen LogP contribution in [0, 0.1) is 13.8 Å². The number of aryl methyl sites for hydroxylation is 2. The Hall–Kier alpha value is -4.17. The Labute approximate surface area is 304 Å². The summed E-state index contributed by atoms with van der Waals surface area (Å²) in [6.07, 6.45) is 10.8. The molecule has 4 fully saturated rings. The molecular formula is C36H51ClN10O4. The molecule has 4 aliphatic rings. The summed E-state index contributed by atoms with van der Waals surface area (Å²) in [6, 6.07) is 0. The second-order valence-corrected chi connectivity index (χ2v) is 16.4. The van der Waals surface area contributed by atoms with Crippen LogP contribution in [-0.4, -0.2) is 113 Å². The van der Waals surface area contributed by atoms with E-state index in [4.69, 9.17) is 21.1 Å². The van der Waals surface area contributed by atoms with Crippen molar-refractivity contribution < 1.29 is 19.1 Å². The van der Waals surface area contributed by atoms with E-state index in [0.717, 1.165) is 97.4 Å². The third kappa shape index (κ3) is 8.17. The summed E-state index contributed by atoms with van der Waals surface area (Å²) in [5.74, 6) is 0.957. The molecule has 2 saturated carbocycles. The molecule has 51 heavy (non-hydrogen) atoms. The van der Waals surface area contributed by atoms with E-state index in [2.05, 4.69) is 47.0 Å². The van der Waals surface area contributed by atoms with Gasteiger partial charge in [-0.05, 0) is 92.2 Å². The average molecular weight is 723 g/mol. The summed E-state index contributed by atoms with van der Waals surface area (Å²) in [4.78, 5) is 53.6. The first-order valence-corrected chi connectivity index (χ1v) is 18.1. The molecule has 276 valence electrons. The number of amides is 2. The first-order valence-electron chi connectivity index (χ1n) is 17.7. The fourth-order valence-electron chi connectivity index (χ4n) is 6.78. The minimum Gasteiger partial charge on any atom is -0.444 e. The zero-order valence-electron chi connectivity index (χ0n) is 31.0. The fourth-order valence-corrected chi connectivity index (χ4v) is 7.06. The predicted molar refractivity (Wildman–Crippen MR) is 197 cm³/mol. The van der Waals surface area contributed by atoms with Gasteiger partial charge in [-0.25, -0.2) is 29.5 Å². The Morgan fingerprint density at radius 2 is 1.27 bits per heavy atom. The smallest absolute Gasteiger partial charge is 0.410 e. The number of hydrogen-bond donors (Lipinski definition) is 3. The topological polar surface area (TPSA) is 157 Å². The van der Waals surface area contributed by atoms with E-state index < -0.39 is 11.2 Å². The second kappa shape index (κ2) is 13.8. The third-order valence-corrected chi connectivity index (χ3v) is 9.93. The number of ether oxygens (including phenoxy) is 2. The minimum atomic E-state index is -0.467. The number of hydrogen-bond acceptors (Lipinski definition) is 10. The van der Waals surface area contributed by atoms with E-state index in [9.17, 15) is 9.59 Å². The Bertz CT molecular complexity index is 1890. The summed E-state index contributed by atoms with van der Waals surface area (Å²) in [6.45, 7) is 20.3. The number of nitrogens with one attached hydrogen (secondary N) is 3. The highest BCUT2D eigenvalue weighted by Crippen LogP contribution is 2.46. The van der Waals surface area contributed by atoms with Gasteiger partial charge in [0.1, 0.15) is 46.1 Å². The van der Waals surface area contributed by atoms with Crippen molar-refractivity contribution in [3.63, 3.8) is 0 Å². The van der Waals surface area contributed by atoms with E-state index >= 15 is 0 Å². The van der Waals surface area contributed by atoms with Crippen LogP contribution in [0.1, 0.15) is 78.4 Å².